The van der Waals surface area contributed by atoms with Crippen LogP contribution in [0.3, 0.4) is 0 Å². The Morgan fingerprint density at radius 3 is 2.00 bits per heavy atom. The van der Waals surface area contributed by atoms with Gasteiger partial charge in [0.25, 0.3) is 0 Å². The molecule has 10 heteroatoms. The number of carbonyl (C=O) groups is 2. The lowest BCUT2D eigenvalue weighted by Crippen LogP contribution is -2.34. The number of unbranched alkanes of at least 4 members (excludes halogenated alkanes) is 2. The van der Waals surface area contributed by atoms with E-state index < -0.39 is 5.97 Å². The number of nitrogens with zero attached hydrogens (tertiary/aromatic N) is 3. The first-order valence-electron chi connectivity index (χ1n) is 16.9. The minimum Gasteiger partial charge on any atom is -0.465 e. The van der Waals surface area contributed by atoms with Gasteiger partial charge in [-0.2, -0.15) is 0 Å². The average molecular weight is 665 g/mol. The Hall–Kier alpha value is -3.92. The van der Waals surface area contributed by atoms with Gasteiger partial charge in [0.05, 0.1) is 29.7 Å². The largest absolute Gasteiger partial charge is 0.465 e. The van der Waals surface area contributed by atoms with Crippen molar-refractivity contribution in [3.63, 3.8) is 0 Å². The Bertz CT molecular complexity index is 1390. The van der Waals surface area contributed by atoms with Gasteiger partial charge in [-0.15, -0.1) is 10.2 Å². The Labute approximate surface area is 286 Å². The summed E-state index contributed by atoms with van der Waals surface area (Å²) < 4.78 is 4.62. The van der Waals surface area contributed by atoms with E-state index >= 15 is 0 Å². The maximum Gasteiger partial charge on any atom is 0.340 e. The molecule has 0 saturated heterocycles. The second kappa shape index (κ2) is 21.1. The second-order valence-electron chi connectivity index (χ2n) is 12.1. The van der Waals surface area contributed by atoms with Crippen molar-refractivity contribution in [3.8, 4) is 0 Å². The molecule has 0 saturated carbocycles. The van der Waals surface area contributed by atoms with E-state index in [4.69, 9.17) is 11.5 Å². The first-order valence-corrected chi connectivity index (χ1v) is 17.7. The summed E-state index contributed by atoms with van der Waals surface area (Å²) in [5.41, 5.74) is 16.6. The molecule has 1 amide bonds. The van der Waals surface area contributed by atoms with Crippen molar-refractivity contribution in [2.75, 3.05) is 41.9 Å². The molecule has 3 rings (SSSR count). The van der Waals surface area contributed by atoms with Gasteiger partial charge in [0.1, 0.15) is 10.0 Å². The van der Waals surface area contributed by atoms with E-state index in [1.807, 2.05) is 37.3 Å². The Morgan fingerprint density at radius 2 is 1.49 bits per heavy atom. The number of carbonyl (C=O) groups excluding carboxylic acids is 2. The minimum absolute atomic E-state index is 0.0841. The molecule has 0 aliphatic carbocycles. The lowest BCUT2D eigenvalue weighted by Gasteiger charge is -2.33. The number of hydrogen-bond acceptors (Lipinski definition) is 9. The highest BCUT2D eigenvalue weighted by Crippen LogP contribution is 2.33. The third-order valence-electron chi connectivity index (χ3n) is 8.21. The molecule has 0 bridgehead atoms. The third kappa shape index (κ3) is 13.8. The van der Waals surface area contributed by atoms with Gasteiger partial charge < -0.3 is 26.4 Å². The normalized spacial score (nSPS) is 12.2. The number of nitrogens with one attached hydrogen (secondary N) is 1. The van der Waals surface area contributed by atoms with Crippen LogP contribution >= 0.6 is 11.3 Å². The number of rotatable bonds is 17. The van der Waals surface area contributed by atoms with Crippen molar-refractivity contribution in [2.24, 2.45) is 22.1 Å². The number of benzene rings is 2. The van der Waals surface area contributed by atoms with Crippen molar-refractivity contribution in [1.82, 2.24) is 0 Å². The van der Waals surface area contributed by atoms with Gasteiger partial charge in [-0.05, 0) is 68.0 Å². The van der Waals surface area contributed by atoms with E-state index in [0.29, 0.717) is 33.1 Å². The molecular weight excluding hydrogens is 609 g/mol. The number of ether oxygens (including phenoxy) is 1. The van der Waals surface area contributed by atoms with Gasteiger partial charge in [0.2, 0.25) is 5.91 Å². The summed E-state index contributed by atoms with van der Waals surface area (Å²) >= 11 is 1.20. The summed E-state index contributed by atoms with van der Waals surface area (Å²) in [5, 5.41) is 12.0. The molecule has 5 N–H and O–H groups in total. The lowest BCUT2D eigenvalue weighted by molar-refractivity contribution is -0.114. The molecule has 47 heavy (non-hydrogen) atoms. The number of nitrogen functional groups attached to an aromatic ring is 2. The van der Waals surface area contributed by atoms with E-state index in [1.54, 1.807) is 6.07 Å². The highest BCUT2D eigenvalue weighted by atomic mass is 32.1. The molecular formula is C37H56N6O3S. The SMILES string of the molecule is CCCCC(CC)CN(CC(CC)CCCC)c1ccc(N)c(NC(C)=O)c1.COC(=O)c1cc(N=Nc2ccc(C)cc2)sc1N. The topological polar surface area (TPSA) is 135 Å². The minimum atomic E-state index is -0.467. The van der Waals surface area contributed by atoms with E-state index in [1.165, 1.54) is 82.4 Å². The maximum absolute atomic E-state index is 11.6. The average Bonchev–Trinajstić information content (AvgIpc) is 3.44. The Balaban J connectivity index is 0.000000350. The number of anilines is 4. The standard InChI is InChI=1S/C24H43N3O.C13H13N3O2S/c1-6-10-12-20(8-3)17-27(18-21(9-4)13-11-7-2)22-14-15-23(25)24(16-22)26-19(5)28;1-8-3-5-9(6-4-8)15-16-11-7-10(12(14)19-11)13(17)18-2/h14-16,20-21H,6-13,17-18,25H2,1-5H3,(H,26,28);3-7H,14H2,1-2H3. The van der Waals surface area contributed by atoms with Crippen LogP contribution < -0.4 is 21.7 Å². The van der Waals surface area contributed by atoms with Crippen LogP contribution in [0.5, 0.6) is 0 Å². The van der Waals surface area contributed by atoms with Crippen LogP contribution in [0.25, 0.3) is 0 Å². The zero-order valence-electron chi connectivity index (χ0n) is 29.5. The fraction of sp³-hybridized carbons (Fsp3) is 0.514. The van der Waals surface area contributed by atoms with Crippen molar-refractivity contribution >= 4 is 56.0 Å². The van der Waals surface area contributed by atoms with Crippen LogP contribution in [0.2, 0.25) is 0 Å². The zero-order chi connectivity index (χ0) is 34.8. The quantitative estimate of drug-likeness (QED) is 0.0746. The molecule has 0 radical (unpaired) electrons. The lowest BCUT2D eigenvalue weighted by atomic mass is 9.95. The third-order valence-corrected chi connectivity index (χ3v) is 9.06. The predicted molar refractivity (Wildman–Crippen MR) is 199 cm³/mol. The van der Waals surface area contributed by atoms with E-state index in [0.717, 1.165) is 30.0 Å². The molecule has 9 nitrogen and oxygen atoms in total. The summed E-state index contributed by atoms with van der Waals surface area (Å²) in [7, 11) is 1.31. The number of aryl methyl sites for hydroxylation is 1. The van der Waals surface area contributed by atoms with Gasteiger partial charge >= 0.3 is 5.97 Å². The Morgan fingerprint density at radius 1 is 0.894 bits per heavy atom. The van der Waals surface area contributed by atoms with Crippen LogP contribution in [-0.2, 0) is 9.53 Å². The van der Waals surface area contributed by atoms with Crippen molar-refractivity contribution in [2.45, 2.75) is 92.9 Å². The molecule has 1 aromatic heterocycles. The zero-order valence-corrected chi connectivity index (χ0v) is 30.3. The molecule has 1 heterocycles. The molecule has 2 atom stereocenters. The smallest absolute Gasteiger partial charge is 0.340 e. The molecule has 0 aliphatic heterocycles. The van der Waals surface area contributed by atoms with Crippen LogP contribution in [0.4, 0.5) is 32.8 Å². The molecule has 0 aliphatic rings. The summed E-state index contributed by atoms with van der Waals surface area (Å²) in [6, 6.07) is 15.3. The monoisotopic (exact) mass is 664 g/mol. The highest BCUT2D eigenvalue weighted by molar-refractivity contribution is 7.19. The van der Waals surface area contributed by atoms with Crippen LogP contribution in [-0.4, -0.2) is 32.1 Å². The highest BCUT2D eigenvalue weighted by Gasteiger charge is 2.19. The van der Waals surface area contributed by atoms with Crippen molar-refractivity contribution < 1.29 is 14.3 Å². The first kappa shape index (κ1) is 39.3. The summed E-state index contributed by atoms with van der Waals surface area (Å²) in [6.45, 7) is 14.8. The second-order valence-corrected chi connectivity index (χ2v) is 13.1. The number of azo groups is 1. The molecule has 3 aromatic rings. The summed E-state index contributed by atoms with van der Waals surface area (Å²) in [5.74, 6) is 0.848. The summed E-state index contributed by atoms with van der Waals surface area (Å²) in [6.07, 6.45) is 10.0. The van der Waals surface area contributed by atoms with Crippen LogP contribution in [0.1, 0.15) is 102 Å². The van der Waals surface area contributed by atoms with Crippen molar-refractivity contribution in [3.05, 3.63) is 59.7 Å². The number of nitrogens with two attached hydrogens (primary N) is 2. The number of hydrogen-bond donors (Lipinski definition) is 3. The van der Waals surface area contributed by atoms with Crippen molar-refractivity contribution in [1.29, 1.82) is 0 Å². The molecule has 0 fully saturated rings. The van der Waals surface area contributed by atoms with Gasteiger partial charge in [-0.1, -0.05) is 95.3 Å². The van der Waals surface area contributed by atoms with E-state index in [2.05, 4.69) is 65.0 Å². The number of thiophene rings is 1. The number of methoxy groups -OCH3 is 1. The predicted octanol–water partition coefficient (Wildman–Crippen LogP) is 10.3. The number of amides is 1. The van der Waals surface area contributed by atoms with Gasteiger partial charge in [0.15, 0.2) is 0 Å². The summed E-state index contributed by atoms with van der Waals surface area (Å²) in [4.78, 5) is 25.5. The molecule has 2 unspecified atom stereocenters. The fourth-order valence-electron chi connectivity index (χ4n) is 5.21. The fourth-order valence-corrected chi connectivity index (χ4v) is 5.95. The molecule has 2 aromatic carbocycles. The van der Waals surface area contributed by atoms with Crippen LogP contribution in [0, 0.1) is 18.8 Å². The van der Waals surface area contributed by atoms with Gasteiger partial charge in [0, 0.05) is 25.7 Å². The first-order chi connectivity index (χ1) is 22.5. The maximum atomic E-state index is 11.6. The molecule has 258 valence electrons. The van der Waals surface area contributed by atoms with E-state index in [-0.39, 0.29) is 5.91 Å². The van der Waals surface area contributed by atoms with Gasteiger partial charge in [-0.25, -0.2) is 4.79 Å². The molecule has 0 spiro atoms. The van der Waals surface area contributed by atoms with Crippen LogP contribution in [0.15, 0.2) is 58.8 Å². The van der Waals surface area contributed by atoms with Gasteiger partial charge in [-0.3, -0.25) is 4.79 Å². The number of esters is 1. The van der Waals surface area contributed by atoms with E-state index in [9.17, 15) is 9.59 Å². The Kier molecular flexibility index (Phi) is 17.6.